The number of hydrogen-bond acceptors (Lipinski definition) is 5. The summed E-state index contributed by atoms with van der Waals surface area (Å²) in [5, 5.41) is 0. The zero-order chi connectivity index (χ0) is 19.9. The first-order chi connectivity index (χ1) is 12.6. The van der Waals surface area contributed by atoms with Gasteiger partial charge in [-0.1, -0.05) is 13.8 Å². The number of hydrogen-bond donors (Lipinski definition) is 0. The molecule has 0 spiro atoms. The van der Waals surface area contributed by atoms with Crippen molar-refractivity contribution < 1.29 is 13.2 Å². The van der Waals surface area contributed by atoms with Crippen LogP contribution in [0.4, 0.5) is 5.82 Å². The van der Waals surface area contributed by atoms with E-state index in [1.54, 1.807) is 4.90 Å². The maximum absolute atomic E-state index is 12.7. The predicted octanol–water partition coefficient (Wildman–Crippen LogP) is 1.66. The number of aryl methyl sites for hydroxylation is 1. The van der Waals surface area contributed by atoms with Gasteiger partial charge in [0, 0.05) is 44.9 Å². The third kappa shape index (κ3) is 3.72. The maximum Gasteiger partial charge on any atom is 0.282 e. The van der Waals surface area contributed by atoms with E-state index in [-0.39, 0.29) is 11.9 Å². The van der Waals surface area contributed by atoms with Gasteiger partial charge in [-0.15, -0.1) is 0 Å². The van der Waals surface area contributed by atoms with Gasteiger partial charge in [0.2, 0.25) is 5.91 Å². The van der Waals surface area contributed by atoms with Crippen LogP contribution < -0.4 is 4.90 Å². The first-order valence-electron chi connectivity index (χ1n) is 9.50. The van der Waals surface area contributed by atoms with Crippen molar-refractivity contribution in [1.29, 1.82) is 0 Å². The molecule has 2 aliphatic heterocycles. The first kappa shape index (κ1) is 20.2. The molecule has 2 aliphatic rings. The van der Waals surface area contributed by atoms with Gasteiger partial charge in [-0.25, -0.2) is 9.97 Å². The summed E-state index contributed by atoms with van der Waals surface area (Å²) in [6, 6.07) is -0.390. The molecule has 3 rings (SSSR count). The van der Waals surface area contributed by atoms with E-state index in [1.165, 1.54) is 22.7 Å². The number of fused-ring (bicyclic) bond motifs is 1. The predicted molar refractivity (Wildman–Crippen MR) is 104 cm³/mol. The number of anilines is 1. The van der Waals surface area contributed by atoms with E-state index in [1.807, 2.05) is 6.92 Å². The zero-order valence-electron chi connectivity index (χ0n) is 16.8. The van der Waals surface area contributed by atoms with Crippen LogP contribution in [-0.4, -0.2) is 60.1 Å². The van der Waals surface area contributed by atoms with Gasteiger partial charge < -0.3 is 0 Å². The second kappa shape index (κ2) is 7.44. The molecule has 1 saturated heterocycles. The molecule has 0 aromatic carbocycles. The fraction of sp³-hybridized carbons (Fsp3) is 0.722. The van der Waals surface area contributed by atoms with Crippen LogP contribution in [0.5, 0.6) is 0 Å². The minimum Gasteiger partial charge on any atom is -0.296 e. The van der Waals surface area contributed by atoms with Gasteiger partial charge in [0.15, 0.2) is 0 Å². The molecule has 150 valence electrons. The molecular weight excluding hydrogens is 366 g/mol. The van der Waals surface area contributed by atoms with Crippen molar-refractivity contribution in [3.63, 3.8) is 0 Å². The Hall–Kier alpha value is -1.58. The minimum absolute atomic E-state index is 0.0736. The highest BCUT2D eigenvalue weighted by molar-refractivity contribution is 7.86. The van der Waals surface area contributed by atoms with Gasteiger partial charge in [-0.2, -0.15) is 17.0 Å². The summed E-state index contributed by atoms with van der Waals surface area (Å²) in [6.45, 7) is 7.12. The zero-order valence-corrected chi connectivity index (χ0v) is 17.6. The van der Waals surface area contributed by atoms with E-state index in [0.717, 1.165) is 17.7 Å². The molecule has 1 atom stereocenters. The van der Waals surface area contributed by atoms with E-state index in [4.69, 9.17) is 4.98 Å². The normalized spacial score (nSPS) is 21.4. The van der Waals surface area contributed by atoms with E-state index >= 15 is 0 Å². The number of rotatable bonds is 5. The Morgan fingerprint density at radius 2 is 1.93 bits per heavy atom. The number of aromatic nitrogens is 2. The Bertz CT molecular complexity index is 838. The molecule has 27 heavy (non-hydrogen) atoms. The summed E-state index contributed by atoms with van der Waals surface area (Å²) < 4.78 is 28.1. The first-order valence-corrected chi connectivity index (χ1v) is 10.9. The van der Waals surface area contributed by atoms with E-state index in [0.29, 0.717) is 49.9 Å². The molecule has 1 aromatic heterocycles. The molecule has 3 heterocycles. The quantitative estimate of drug-likeness (QED) is 0.757. The highest BCUT2D eigenvalue weighted by Crippen LogP contribution is 2.36. The van der Waals surface area contributed by atoms with Crippen LogP contribution in [0.2, 0.25) is 0 Å². The molecule has 0 saturated carbocycles. The second-order valence-corrected chi connectivity index (χ2v) is 10.0. The molecule has 9 heteroatoms. The Labute approximate surface area is 161 Å². The van der Waals surface area contributed by atoms with Gasteiger partial charge in [-0.3, -0.25) is 9.69 Å². The largest absolute Gasteiger partial charge is 0.296 e. The van der Waals surface area contributed by atoms with Crippen LogP contribution in [0.3, 0.4) is 0 Å². The third-order valence-corrected chi connectivity index (χ3v) is 7.11. The number of amides is 1. The van der Waals surface area contributed by atoms with Crippen LogP contribution in [0.25, 0.3) is 0 Å². The van der Waals surface area contributed by atoms with Crippen LogP contribution in [0.1, 0.15) is 56.2 Å². The minimum atomic E-state index is -3.55. The van der Waals surface area contributed by atoms with Crippen molar-refractivity contribution in [2.24, 2.45) is 5.92 Å². The fourth-order valence-corrected chi connectivity index (χ4v) is 5.09. The summed E-state index contributed by atoms with van der Waals surface area (Å²) in [5.74, 6) is 1.55. The fourth-order valence-electron chi connectivity index (χ4n) is 3.79. The van der Waals surface area contributed by atoms with Crippen molar-refractivity contribution in [2.45, 2.75) is 52.5 Å². The highest BCUT2D eigenvalue weighted by Gasteiger charge is 2.39. The number of carbonyl (C=O) groups is 1. The van der Waals surface area contributed by atoms with Gasteiger partial charge in [0.05, 0.1) is 6.04 Å². The SMILES string of the molecule is Cc1nc(C2CCCN2S(=O)(=O)N(C)C)nc2c1CCC(=O)N2CC(C)C. The summed E-state index contributed by atoms with van der Waals surface area (Å²) in [6.07, 6.45) is 2.56. The molecule has 1 unspecified atom stereocenters. The molecule has 8 nitrogen and oxygen atoms in total. The second-order valence-electron chi connectivity index (χ2n) is 7.93. The number of nitrogens with zero attached hydrogens (tertiary/aromatic N) is 5. The Balaban J connectivity index is 2.04. The summed E-state index contributed by atoms with van der Waals surface area (Å²) in [7, 11) is -0.476. The lowest BCUT2D eigenvalue weighted by molar-refractivity contribution is -0.119. The standard InChI is InChI=1S/C18H29N5O3S/c1-12(2)11-22-16(24)9-8-14-13(3)19-17(20-18(14)22)15-7-6-10-23(15)27(25,26)21(4)5/h12,15H,6-11H2,1-5H3. The molecular formula is C18H29N5O3S. The van der Waals surface area contributed by atoms with Crippen LogP contribution in [-0.2, 0) is 21.4 Å². The van der Waals surface area contributed by atoms with Crippen molar-refractivity contribution in [2.75, 3.05) is 32.1 Å². The van der Waals surface area contributed by atoms with Crippen molar-refractivity contribution in [1.82, 2.24) is 18.6 Å². The lowest BCUT2D eigenvalue weighted by atomic mass is 10.0. The van der Waals surface area contributed by atoms with Crippen molar-refractivity contribution >= 4 is 21.9 Å². The monoisotopic (exact) mass is 395 g/mol. The molecule has 1 amide bonds. The van der Waals surface area contributed by atoms with Crippen LogP contribution in [0, 0.1) is 12.8 Å². The molecule has 0 N–H and O–H groups in total. The number of carbonyl (C=O) groups excluding carboxylic acids is 1. The summed E-state index contributed by atoms with van der Waals surface area (Å²) in [5.41, 5.74) is 1.84. The molecule has 1 aromatic rings. The van der Waals surface area contributed by atoms with E-state index in [2.05, 4.69) is 18.8 Å². The van der Waals surface area contributed by atoms with Crippen molar-refractivity contribution in [3.8, 4) is 0 Å². The van der Waals surface area contributed by atoms with Crippen LogP contribution in [0.15, 0.2) is 0 Å². The van der Waals surface area contributed by atoms with Crippen molar-refractivity contribution in [3.05, 3.63) is 17.1 Å². The van der Waals surface area contributed by atoms with Gasteiger partial charge in [0.25, 0.3) is 10.2 Å². The topological polar surface area (TPSA) is 86.7 Å². The summed E-state index contributed by atoms with van der Waals surface area (Å²) >= 11 is 0. The maximum atomic E-state index is 12.7. The lowest BCUT2D eigenvalue weighted by Gasteiger charge is -2.32. The molecule has 0 bridgehead atoms. The van der Waals surface area contributed by atoms with E-state index in [9.17, 15) is 13.2 Å². The smallest absolute Gasteiger partial charge is 0.282 e. The third-order valence-electron chi connectivity index (χ3n) is 5.16. The highest BCUT2D eigenvalue weighted by atomic mass is 32.2. The van der Waals surface area contributed by atoms with Gasteiger partial charge >= 0.3 is 0 Å². The average Bonchev–Trinajstić information content (AvgIpc) is 3.07. The lowest BCUT2D eigenvalue weighted by Crippen LogP contribution is -2.41. The molecule has 0 radical (unpaired) electrons. The molecule has 0 aliphatic carbocycles. The summed E-state index contributed by atoms with van der Waals surface area (Å²) in [4.78, 5) is 23.6. The van der Waals surface area contributed by atoms with Crippen LogP contribution >= 0.6 is 0 Å². The average molecular weight is 396 g/mol. The van der Waals surface area contributed by atoms with E-state index < -0.39 is 10.2 Å². The Morgan fingerprint density at radius 1 is 1.22 bits per heavy atom. The van der Waals surface area contributed by atoms with Gasteiger partial charge in [0.1, 0.15) is 11.6 Å². The Kier molecular flexibility index (Phi) is 5.56. The molecule has 1 fully saturated rings. The van der Waals surface area contributed by atoms with Gasteiger partial charge in [-0.05, 0) is 32.1 Å². The Morgan fingerprint density at radius 3 is 2.56 bits per heavy atom.